The monoisotopic (exact) mass is 633 g/mol. The number of amides is 1. The van der Waals surface area contributed by atoms with Crippen LogP contribution in [0.5, 0.6) is 0 Å². The molecular weight excluding hydrogens is 556 g/mol. The Hall–Kier alpha value is -2.79. The number of aryl methyl sites for hydroxylation is 2. The van der Waals surface area contributed by atoms with E-state index < -0.39 is 0 Å². The van der Waals surface area contributed by atoms with Crippen molar-refractivity contribution in [1.82, 2.24) is 10.2 Å². The number of carbonyl (C=O) groups excluding carboxylic acids is 2. The predicted octanol–water partition coefficient (Wildman–Crippen LogP) is 9.87. The SMILES string of the molecule is C=C(c1ccc(C)cc1CC)C(N)CC.C=CCC=C=O.CC.CC.CCCC(C)C=N.CCCCN(C)CCC.CNC=O. The quantitative estimate of drug-likeness (QED) is 0.0775. The highest BCUT2D eigenvalue weighted by atomic mass is 16.1. The van der Waals surface area contributed by atoms with Gasteiger partial charge in [-0.2, -0.15) is 0 Å². The average molecular weight is 633 g/mol. The minimum atomic E-state index is 0.0815. The summed E-state index contributed by atoms with van der Waals surface area (Å²) in [5.41, 5.74) is 11.0. The first kappa shape index (κ1) is 54.7. The van der Waals surface area contributed by atoms with E-state index in [0.717, 1.165) is 24.8 Å². The first-order valence-corrected chi connectivity index (χ1v) is 17.2. The summed E-state index contributed by atoms with van der Waals surface area (Å²) in [6, 6.07) is 6.58. The van der Waals surface area contributed by atoms with Gasteiger partial charge >= 0.3 is 0 Å². The topological polar surface area (TPSA) is 99.3 Å². The van der Waals surface area contributed by atoms with Crippen molar-refractivity contribution < 1.29 is 9.59 Å². The van der Waals surface area contributed by atoms with Crippen LogP contribution in [0.3, 0.4) is 0 Å². The number of nitrogens with two attached hydrogens (primary N) is 1. The first-order chi connectivity index (χ1) is 21.5. The summed E-state index contributed by atoms with van der Waals surface area (Å²) in [7, 11) is 3.76. The Balaban J connectivity index is -0.000000110. The van der Waals surface area contributed by atoms with Crippen LogP contribution in [0.15, 0.2) is 43.5 Å². The summed E-state index contributed by atoms with van der Waals surface area (Å²) >= 11 is 0. The highest BCUT2D eigenvalue weighted by Gasteiger charge is 2.10. The molecule has 1 aromatic rings. The van der Waals surface area contributed by atoms with Crippen molar-refractivity contribution in [2.24, 2.45) is 11.7 Å². The lowest BCUT2D eigenvalue weighted by Gasteiger charge is -2.16. The van der Waals surface area contributed by atoms with Crippen molar-refractivity contribution >= 4 is 24.1 Å². The normalized spacial score (nSPS) is 9.93. The smallest absolute Gasteiger partial charge is 0.206 e. The summed E-state index contributed by atoms with van der Waals surface area (Å²) in [6.45, 7) is 33.1. The molecule has 0 fully saturated rings. The molecule has 0 heterocycles. The Bertz CT molecular complexity index is 817. The molecule has 4 N–H and O–H groups in total. The van der Waals surface area contributed by atoms with Crippen LogP contribution in [0.1, 0.15) is 131 Å². The molecule has 1 aromatic carbocycles. The minimum Gasteiger partial charge on any atom is -0.362 e. The van der Waals surface area contributed by atoms with Gasteiger partial charge in [-0.3, -0.25) is 4.79 Å². The molecule has 0 aliphatic heterocycles. The maximum Gasteiger partial charge on any atom is 0.206 e. The molecule has 1 rings (SSSR count). The number of nitrogens with zero attached hydrogens (tertiary/aromatic N) is 1. The lowest BCUT2D eigenvalue weighted by molar-refractivity contribution is -0.109. The van der Waals surface area contributed by atoms with E-state index in [1.165, 1.54) is 67.8 Å². The Morgan fingerprint density at radius 3 is 1.93 bits per heavy atom. The van der Waals surface area contributed by atoms with Crippen LogP contribution in [-0.2, 0) is 16.0 Å². The van der Waals surface area contributed by atoms with Crippen molar-refractivity contribution in [2.75, 3.05) is 27.2 Å². The van der Waals surface area contributed by atoms with Gasteiger partial charge in [0.15, 0.2) is 0 Å². The van der Waals surface area contributed by atoms with E-state index in [1.807, 2.05) is 27.7 Å². The first-order valence-electron chi connectivity index (χ1n) is 17.2. The lowest BCUT2D eigenvalue weighted by Crippen LogP contribution is -2.20. The van der Waals surface area contributed by atoms with Gasteiger partial charge in [0.2, 0.25) is 6.41 Å². The van der Waals surface area contributed by atoms with Gasteiger partial charge in [0.1, 0.15) is 5.94 Å². The van der Waals surface area contributed by atoms with Crippen LogP contribution in [0.2, 0.25) is 0 Å². The lowest BCUT2D eigenvalue weighted by atomic mass is 9.92. The number of hydrogen-bond acceptors (Lipinski definition) is 5. The van der Waals surface area contributed by atoms with Gasteiger partial charge in [0.25, 0.3) is 0 Å². The largest absolute Gasteiger partial charge is 0.362 e. The van der Waals surface area contributed by atoms with E-state index >= 15 is 0 Å². The van der Waals surface area contributed by atoms with Crippen molar-refractivity contribution in [3.63, 3.8) is 0 Å². The zero-order chi connectivity index (χ0) is 36.5. The molecule has 0 saturated carbocycles. The second kappa shape index (κ2) is 48.1. The fourth-order valence-electron chi connectivity index (χ4n) is 3.37. The number of allylic oxidation sites excluding steroid dienone is 2. The van der Waals surface area contributed by atoms with E-state index in [0.29, 0.717) is 18.7 Å². The highest BCUT2D eigenvalue weighted by molar-refractivity contribution is 5.70. The maximum absolute atomic E-state index is 9.34. The van der Waals surface area contributed by atoms with Crippen LogP contribution in [0.25, 0.3) is 5.57 Å². The molecule has 0 saturated heterocycles. The standard InChI is InChI=1S/C14H21N.C8H19N.C6H13N.C5H6O.C2H5NO.2C2H6/c1-5-12-9-10(3)7-8-13(12)11(4)14(15)6-2;1-4-6-8-9(3)7-5-2;1-3-4-6(2)5-7;1-2-3-4-5-6;1-3-2-4;2*1-2/h7-9,14H,4-6,15H2,1-3H3;4-8H2,1-3H3;5-7H,3-4H2,1-2H3;2,4H,1,3H2;2H,1H3,(H,3,4);2*1-2H3. The van der Waals surface area contributed by atoms with Crippen molar-refractivity contribution in [3.05, 3.63) is 60.2 Å². The summed E-state index contributed by atoms with van der Waals surface area (Å²) in [6.07, 6.45) is 14.0. The van der Waals surface area contributed by atoms with Crippen LogP contribution in [-0.4, -0.2) is 56.7 Å². The van der Waals surface area contributed by atoms with E-state index in [1.54, 1.807) is 19.1 Å². The second-order valence-corrected chi connectivity index (χ2v) is 9.90. The Kier molecular flexibility index (Phi) is 58.5. The zero-order valence-corrected chi connectivity index (χ0v) is 32.0. The molecule has 2 atom stereocenters. The van der Waals surface area contributed by atoms with Crippen LogP contribution in [0, 0.1) is 18.3 Å². The van der Waals surface area contributed by atoms with Gasteiger partial charge in [-0.05, 0) is 94.4 Å². The van der Waals surface area contributed by atoms with Crippen LogP contribution >= 0.6 is 0 Å². The summed E-state index contributed by atoms with van der Waals surface area (Å²) < 4.78 is 0. The molecule has 6 heteroatoms. The second-order valence-electron chi connectivity index (χ2n) is 9.90. The third-order valence-corrected chi connectivity index (χ3v) is 5.89. The number of nitrogens with one attached hydrogen (secondary N) is 2. The molecule has 0 bridgehead atoms. The summed E-state index contributed by atoms with van der Waals surface area (Å²) in [5.74, 6) is 2.11. The third-order valence-electron chi connectivity index (χ3n) is 5.89. The number of unbranched alkanes of at least 4 members (excludes halogenated alkanes) is 1. The molecule has 0 spiro atoms. The summed E-state index contributed by atoms with van der Waals surface area (Å²) in [4.78, 5) is 20.8. The number of hydrogen-bond donors (Lipinski definition) is 3. The molecular formula is C39H76N4O2. The Morgan fingerprint density at radius 1 is 1.07 bits per heavy atom. The van der Waals surface area contributed by atoms with Crippen molar-refractivity contribution in [1.29, 1.82) is 5.41 Å². The fraction of sp³-hybridized carbons (Fsp3) is 0.641. The van der Waals surface area contributed by atoms with Gasteiger partial charge in [-0.15, -0.1) is 6.58 Å². The Morgan fingerprint density at radius 2 is 1.62 bits per heavy atom. The van der Waals surface area contributed by atoms with Crippen LogP contribution < -0.4 is 11.1 Å². The van der Waals surface area contributed by atoms with Gasteiger partial charge in [0.05, 0.1) is 0 Å². The third kappa shape index (κ3) is 43.4. The molecule has 264 valence electrons. The Labute approximate surface area is 281 Å². The predicted molar refractivity (Wildman–Crippen MR) is 206 cm³/mol. The molecule has 45 heavy (non-hydrogen) atoms. The molecule has 0 radical (unpaired) electrons. The minimum absolute atomic E-state index is 0.0815. The fourth-order valence-corrected chi connectivity index (χ4v) is 3.37. The molecule has 0 aromatic heterocycles. The van der Waals surface area contributed by atoms with E-state index in [4.69, 9.17) is 15.9 Å². The number of rotatable bonds is 15. The van der Waals surface area contributed by atoms with Crippen LogP contribution in [0.4, 0.5) is 0 Å². The average Bonchev–Trinajstić information content (AvgIpc) is 3.08. The molecule has 6 nitrogen and oxygen atoms in total. The van der Waals surface area contributed by atoms with Crippen molar-refractivity contribution in [2.45, 2.75) is 134 Å². The zero-order valence-electron chi connectivity index (χ0n) is 32.0. The van der Waals surface area contributed by atoms with E-state index in [9.17, 15) is 4.79 Å². The summed E-state index contributed by atoms with van der Waals surface area (Å²) in [5, 5.41) is 9.04. The van der Waals surface area contributed by atoms with Crippen molar-refractivity contribution in [3.8, 4) is 0 Å². The van der Waals surface area contributed by atoms with E-state index in [2.05, 4.69) is 97.1 Å². The molecule has 0 aliphatic rings. The number of benzene rings is 1. The van der Waals surface area contributed by atoms with Gasteiger partial charge in [-0.25, -0.2) is 4.79 Å². The van der Waals surface area contributed by atoms with E-state index in [-0.39, 0.29) is 6.04 Å². The van der Waals surface area contributed by atoms with Gasteiger partial charge < -0.3 is 21.4 Å². The van der Waals surface area contributed by atoms with Gasteiger partial charge in [-0.1, -0.05) is 118 Å². The maximum atomic E-state index is 9.34. The number of carbonyl (C=O) groups is 1. The highest BCUT2D eigenvalue weighted by Crippen LogP contribution is 2.23. The molecule has 2 unspecified atom stereocenters. The molecule has 0 aliphatic carbocycles. The van der Waals surface area contributed by atoms with Gasteiger partial charge in [0, 0.05) is 19.2 Å². The molecule has 1 amide bonds.